The number of ether oxygens (including phenoxy) is 2. The molecule has 2 aromatic heterocycles. The molecule has 0 saturated heterocycles. The number of carbonyl (C=O) groups is 2. The minimum absolute atomic E-state index is 0.0171. The monoisotopic (exact) mass is 573 g/mol. The number of aromatic nitrogens is 3. The molecule has 1 aromatic carbocycles. The predicted molar refractivity (Wildman–Crippen MR) is 151 cm³/mol. The first-order chi connectivity index (χ1) is 19.3. The molecule has 0 radical (unpaired) electrons. The Morgan fingerprint density at radius 3 is 2.67 bits per heavy atom. The number of methoxy groups -OCH3 is 1. The van der Waals surface area contributed by atoms with Crippen LogP contribution in [0.1, 0.15) is 19.8 Å². The van der Waals surface area contributed by atoms with Crippen molar-refractivity contribution in [1.82, 2.24) is 25.4 Å². The Kier molecular flexibility index (Phi) is 12.0. The highest BCUT2D eigenvalue weighted by atomic mass is 35.5. The minimum atomic E-state index is -0.616. The van der Waals surface area contributed by atoms with Gasteiger partial charge in [0.1, 0.15) is 17.3 Å². The van der Waals surface area contributed by atoms with Crippen LogP contribution >= 0.6 is 11.6 Å². The van der Waals surface area contributed by atoms with Crippen molar-refractivity contribution >= 4 is 40.7 Å². The molecule has 0 aliphatic heterocycles. The lowest BCUT2D eigenvalue weighted by Crippen LogP contribution is -2.34. The van der Waals surface area contributed by atoms with Gasteiger partial charge in [-0.25, -0.2) is 14.2 Å². The fourth-order valence-corrected chi connectivity index (χ4v) is 3.88. The van der Waals surface area contributed by atoms with Crippen LogP contribution in [-0.4, -0.2) is 78.9 Å². The van der Waals surface area contributed by atoms with Crippen molar-refractivity contribution in [2.45, 2.75) is 19.8 Å². The molecule has 3 aromatic rings. The van der Waals surface area contributed by atoms with Crippen LogP contribution in [0.3, 0.4) is 0 Å². The number of halogens is 2. The van der Waals surface area contributed by atoms with E-state index in [2.05, 4.69) is 47.7 Å². The Hall–Kier alpha value is -3.87. The van der Waals surface area contributed by atoms with Crippen molar-refractivity contribution in [3.63, 3.8) is 0 Å². The van der Waals surface area contributed by atoms with Gasteiger partial charge in [-0.2, -0.15) is 0 Å². The number of nitrogens with one attached hydrogen (secondary N) is 3. The topological polar surface area (TPSA) is 131 Å². The molecule has 0 saturated carbocycles. The molecule has 0 bridgehead atoms. The van der Waals surface area contributed by atoms with Gasteiger partial charge >= 0.3 is 5.97 Å². The molecule has 3 rings (SSSR count). The number of hydrogen-bond donors (Lipinski definition) is 3. The van der Waals surface area contributed by atoms with E-state index in [-0.39, 0.29) is 28.7 Å². The molecule has 40 heavy (non-hydrogen) atoms. The summed E-state index contributed by atoms with van der Waals surface area (Å²) < 4.78 is 24.6. The summed E-state index contributed by atoms with van der Waals surface area (Å²) in [6, 6.07) is 8.90. The van der Waals surface area contributed by atoms with Crippen LogP contribution < -0.4 is 20.7 Å². The maximum Gasteiger partial charge on any atom is 0.343 e. The maximum absolute atomic E-state index is 14.5. The number of amides is 1. The quantitative estimate of drug-likeness (QED) is 0.230. The first-order valence-corrected chi connectivity index (χ1v) is 13.1. The molecule has 2 heterocycles. The van der Waals surface area contributed by atoms with Crippen LogP contribution in [0.25, 0.3) is 11.3 Å². The summed E-state index contributed by atoms with van der Waals surface area (Å²) in [5, 5.41) is 17.5. The number of carbonyl (C=O) groups excluding carboxylic acids is 2. The number of esters is 1. The van der Waals surface area contributed by atoms with Gasteiger partial charge in [-0.05, 0) is 50.3 Å². The summed E-state index contributed by atoms with van der Waals surface area (Å²) in [4.78, 5) is 30.7. The van der Waals surface area contributed by atoms with E-state index < -0.39 is 18.4 Å². The molecule has 214 valence electrons. The second kappa shape index (κ2) is 15.7. The van der Waals surface area contributed by atoms with Crippen molar-refractivity contribution < 1.29 is 23.5 Å². The molecular formula is C27H33ClFN7O4. The summed E-state index contributed by atoms with van der Waals surface area (Å²) in [6.07, 6.45) is 2.84. The molecule has 0 spiro atoms. The van der Waals surface area contributed by atoms with Gasteiger partial charge in [0.2, 0.25) is 5.91 Å². The van der Waals surface area contributed by atoms with E-state index in [1.54, 1.807) is 12.1 Å². The van der Waals surface area contributed by atoms with E-state index in [1.165, 1.54) is 37.6 Å². The van der Waals surface area contributed by atoms with Crippen molar-refractivity contribution in [2.24, 2.45) is 0 Å². The van der Waals surface area contributed by atoms with Crippen LogP contribution in [0.4, 0.5) is 21.6 Å². The molecule has 13 heteroatoms. The van der Waals surface area contributed by atoms with E-state index in [4.69, 9.17) is 16.3 Å². The van der Waals surface area contributed by atoms with E-state index in [9.17, 15) is 14.0 Å². The number of anilines is 3. The van der Waals surface area contributed by atoms with Crippen molar-refractivity contribution in [3.05, 3.63) is 53.4 Å². The number of likely N-dealkylation sites (N-methyl/N-ethyl adjacent to an activating group) is 1. The lowest BCUT2D eigenvalue weighted by atomic mass is 10.1. The summed E-state index contributed by atoms with van der Waals surface area (Å²) in [6.45, 7) is 4.94. The maximum atomic E-state index is 14.5. The lowest BCUT2D eigenvalue weighted by Gasteiger charge is -2.21. The van der Waals surface area contributed by atoms with Crippen LogP contribution in [-0.2, 0) is 14.3 Å². The minimum Gasteiger partial charge on any atom is -0.466 e. The van der Waals surface area contributed by atoms with Gasteiger partial charge in [-0.3, -0.25) is 4.79 Å². The van der Waals surface area contributed by atoms with Crippen LogP contribution in [0.15, 0.2) is 42.6 Å². The SMILES string of the molecule is CCCN(CCNC)CCC(=O)Nc1cc(Nc2cc(-c3cc(Cl)ccc3F)nnc2OCC(=O)OC)ccn1. The highest BCUT2D eigenvalue weighted by Gasteiger charge is 2.16. The average Bonchev–Trinajstić information content (AvgIpc) is 2.95. The molecule has 0 aliphatic carbocycles. The Morgan fingerprint density at radius 2 is 1.93 bits per heavy atom. The summed E-state index contributed by atoms with van der Waals surface area (Å²) in [7, 11) is 3.13. The Morgan fingerprint density at radius 1 is 1.10 bits per heavy atom. The number of rotatable bonds is 15. The lowest BCUT2D eigenvalue weighted by molar-refractivity contribution is -0.143. The molecule has 11 nitrogen and oxygen atoms in total. The first kappa shape index (κ1) is 30.7. The van der Waals surface area contributed by atoms with E-state index in [1.807, 2.05) is 7.05 Å². The largest absolute Gasteiger partial charge is 0.466 e. The van der Waals surface area contributed by atoms with Crippen molar-refractivity contribution in [3.8, 4) is 17.1 Å². The van der Waals surface area contributed by atoms with Gasteiger partial charge in [-0.15, -0.1) is 10.2 Å². The van der Waals surface area contributed by atoms with Crippen molar-refractivity contribution in [2.75, 3.05) is 57.6 Å². The zero-order chi connectivity index (χ0) is 28.9. The molecule has 0 fully saturated rings. The fraction of sp³-hybridized carbons (Fsp3) is 0.370. The van der Waals surface area contributed by atoms with Gasteiger partial charge in [-0.1, -0.05) is 18.5 Å². The molecule has 0 unspecified atom stereocenters. The normalized spacial score (nSPS) is 10.8. The van der Waals surface area contributed by atoms with Gasteiger partial charge in [0, 0.05) is 54.6 Å². The molecule has 1 amide bonds. The Balaban J connectivity index is 1.78. The number of benzene rings is 1. The van der Waals surface area contributed by atoms with E-state index >= 15 is 0 Å². The fourth-order valence-electron chi connectivity index (χ4n) is 3.71. The third kappa shape index (κ3) is 9.40. The standard InChI is InChI=1S/C27H33ClFN7O4/c1-4-11-36(13-10-30-2)12-8-25(37)33-24-15-19(7-9-31-24)32-23-16-22(20-14-18(28)5-6-21(20)29)34-35-27(23)40-17-26(38)39-3/h5-7,9,14-16,30H,4,8,10-13,17H2,1-3H3,(H2,31,32,33,34,37). The number of hydrogen-bond acceptors (Lipinski definition) is 10. The Labute approximate surface area is 237 Å². The van der Waals surface area contributed by atoms with Gasteiger partial charge < -0.3 is 30.3 Å². The van der Waals surface area contributed by atoms with E-state index in [0.717, 1.165) is 26.1 Å². The van der Waals surface area contributed by atoms with Crippen LogP contribution in [0.5, 0.6) is 5.88 Å². The van der Waals surface area contributed by atoms with Gasteiger partial charge in [0.05, 0.1) is 12.8 Å². The third-order valence-electron chi connectivity index (χ3n) is 5.70. The zero-order valence-corrected chi connectivity index (χ0v) is 23.4. The van der Waals surface area contributed by atoms with Gasteiger partial charge in [0.15, 0.2) is 6.61 Å². The predicted octanol–water partition coefficient (Wildman–Crippen LogP) is 3.89. The van der Waals surface area contributed by atoms with Crippen LogP contribution in [0, 0.1) is 5.82 Å². The number of nitrogens with zero attached hydrogens (tertiary/aromatic N) is 4. The molecule has 0 atom stereocenters. The van der Waals surface area contributed by atoms with Gasteiger partial charge in [0.25, 0.3) is 5.88 Å². The van der Waals surface area contributed by atoms with Crippen LogP contribution in [0.2, 0.25) is 5.02 Å². The zero-order valence-electron chi connectivity index (χ0n) is 22.7. The number of pyridine rings is 1. The second-order valence-corrected chi connectivity index (χ2v) is 9.17. The third-order valence-corrected chi connectivity index (χ3v) is 5.93. The smallest absolute Gasteiger partial charge is 0.343 e. The highest BCUT2D eigenvalue weighted by Crippen LogP contribution is 2.32. The second-order valence-electron chi connectivity index (χ2n) is 8.74. The Bertz CT molecular complexity index is 1300. The highest BCUT2D eigenvalue weighted by molar-refractivity contribution is 6.30. The first-order valence-electron chi connectivity index (χ1n) is 12.8. The van der Waals surface area contributed by atoms with Crippen molar-refractivity contribution in [1.29, 1.82) is 0 Å². The molecular weight excluding hydrogens is 541 g/mol. The molecule has 3 N–H and O–H groups in total. The van der Waals surface area contributed by atoms with E-state index in [0.29, 0.717) is 29.5 Å². The summed E-state index contributed by atoms with van der Waals surface area (Å²) >= 11 is 6.05. The summed E-state index contributed by atoms with van der Waals surface area (Å²) in [5.41, 5.74) is 1.14. The molecule has 0 aliphatic rings. The average molecular weight is 574 g/mol. The summed E-state index contributed by atoms with van der Waals surface area (Å²) in [5.74, 6) is -0.995.